The van der Waals surface area contributed by atoms with Crippen molar-refractivity contribution in [3.05, 3.63) is 28.2 Å². The van der Waals surface area contributed by atoms with Gasteiger partial charge in [0.2, 0.25) is 0 Å². The summed E-state index contributed by atoms with van der Waals surface area (Å²) in [5, 5.41) is 9.17. The first-order chi connectivity index (χ1) is 8.63. The SMILES string of the molecule is CC(=O)c1ccc(N(CCO)C2CCC2)cc1Br. The number of Topliss-reactive ketones (excluding diaryl/α,β-unsaturated/α-hetero) is 1. The average Bonchev–Trinajstić information content (AvgIpc) is 2.25. The number of rotatable bonds is 5. The fourth-order valence-electron chi connectivity index (χ4n) is 2.30. The maximum atomic E-state index is 11.4. The van der Waals surface area contributed by atoms with Crippen molar-refractivity contribution in [2.45, 2.75) is 32.2 Å². The van der Waals surface area contributed by atoms with Crippen LogP contribution in [0.15, 0.2) is 22.7 Å². The van der Waals surface area contributed by atoms with Gasteiger partial charge in [-0.05, 0) is 60.3 Å². The van der Waals surface area contributed by atoms with Crippen molar-refractivity contribution >= 4 is 27.4 Å². The summed E-state index contributed by atoms with van der Waals surface area (Å²) < 4.78 is 0.828. The molecule has 1 saturated carbocycles. The number of ketones is 1. The lowest BCUT2D eigenvalue weighted by atomic mass is 9.91. The third kappa shape index (κ3) is 2.75. The van der Waals surface area contributed by atoms with Crippen LogP contribution in [-0.4, -0.2) is 30.1 Å². The minimum atomic E-state index is 0.0609. The number of halogens is 1. The monoisotopic (exact) mass is 311 g/mol. The summed E-state index contributed by atoms with van der Waals surface area (Å²) in [5.74, 6) is 0.0609. The van der Waals surface area contributed by atoms with E-state index in [2.05, 4.69) is 20.8 Å². The van der Waals surface area contributed by atoms with Crippen LogP contribution in [0.3, 0.4) is 0 Å². The van der Waals surface area contributed by atoms with E-state index in [1.54, 1.807) is 6.92 Å². The largest absolute Gasteiger partial charge is 0.395 e. The smallest absolute Gasteiger partial charge is 0.160 e. The molecular formula is C14H18BrNO2. The minimum Gasteiger partial charge on any atom is -0.395 e. The van der Waals surface area contributed by atoms with Gasteiger partial charge in [-0.25, -0.2) is 0 Å². The van der Waals surface area contributed by atoms with Crippen molar-refractivity contribution in [1.29, 1.82) is 0 Å². The molecule has 1 aromatic rings. The molecule has 98 valence electrons. The van der Waals surface area contributed by atoms with Crippen LogP contribution in [0.1, 0.15) is 36.5 Å². The topological polar surface area (TPSA) is 40.5 Å². The van der Waals surface area contributed by atoms with Crippen molar-refractivity contribution in [1.82, 2.24) is 0 Å². The molecule has 0 unspecified atom stereocenters. The number of aliphatic hydroxyl groups is 1. The molecule has 0 atom stereocenters. The van der Waals surface area contributed by atoms with Gasteiger partial charge in [-0.1, -0.05) is 0 Å². The standard InChI is InChI=1S/C14H18BrNO2/c1-10(18)13-6-5-12(9-14(13)15)16(7-8-17)11-3-2-4-11/h5-6,9,11,17H,2-4,7-8H2,1H3. The Bertz CT molecular complexity index is 443. The van der Waals surface area contributed by atoms with E-state index in [1.165, 1.54) is 19.3 Å². The second-order valence-corrected chi connectivity index (χ2v) is 5.58. The van der Waals surface area contributed by atoms with Gasteiger partial charge in [0.25, 0.3) is 0 Å². The Morgan fingerprint density at radius 1 is 1.50 bits per heavy atom. The number of benzene rings is 1. The highest BCUT2D eigenvalue weighted by Gasteiger charge is 2.25. The van der Waals surface area contributed by atoms with E-state index in [9.17, 15) is 9.90 Å². The predicted octanol–water partition coefficient (Wildman–Crippen LogP) is 3.00. The van der Waals surface area contributed by atoms with Crippen LogP contribution < -0.4 is 4.90 Å². The van der Waals surface area contributed by atoms with E-state index in [1.807, 2.05) is 18.2 Å². The predicted molar refractivity (Wildman–Crippen MR) is 76.2 cm³/mol. The van der Waals surface area contributed by atoms with Crippen LogP contribution in [0.2, 0.25) is 0 Å². The fourth-order valence-corrected chi connectivity index (χ4v) is 2.94. The van der Waals surface area contributed by atoms with Crippen molar-refractivity contribution in [2.24, 2.45) is 0 Å². The van der Waals surface area contributed by atoms with Crippen LogP contribution in [0.4, 0.5) is 5.69 Å². The highest BCUT2D eigenvalue weighted by atomic mass is 79.9. The molecule has 1 N–H and O–H groups in total. The van der Waals surface area contributed by atoms with Gasteiger partial charge in [-0.2, -0.15) is 0 Å². The Kier molecular flexibility index (Phi) is 4.40. The van der Waals surface area contributed by atoms with Crippen molar-refractivity contribution in [2.75, 3.05) is 18.1 Å². The molecule has 1 aliphatic rings. The maximum Gasteiger partial charge on any atom is 0.160 e. The van der Waals surface area contributed by atoms with Crippen LogP contribution in [0.25, 0.3) is 0 Å². The molecule has 0 heterocycles. The summed E-state index contributed by atoms with van der Waals surface area (Å²) in [6.07, 6.45) is 3.64. The first kappa shape index (κ1) is 13.6. The molecule has 3 nitrogen and oxygen atoms in total. The van der Waals surface area contributed by atoms with E-state index in [-0.39, 0.29) is 12.4 Å². The van der Waals surface area contributed by atoms with Gasteiger partial charge in [-0.15, -0.1) is 0 Å². The highest BCUT2D eigenvalue weighted by Crippen LogP contribution is 2.31. The Hall–Kier alpha value is -0.870. The number of anilines is 1. The Labute approximate surface area is 116 Å². The number of hydrogen-bond donors (Lipinski definition) is 1. The average molecular weight is 312 g/mol. The van der Waals surface area contributed by atoms with E-state index in [4.69, 9.17) is 0 Å². The number of aliphatic hydroxyl groups excluding tert-OH is 1. The Balaban J connectivity index is 2.24. The van der Waals surface area contributed by atoms with Gasteiger partial charge in [0.05, 0.1) is 6.61 Å². The lowest BCUT2D eigenvalue weighted by molar-refractivity contribution is 0.101. The molecule has 0 aliphatic heterocycles. The van der Waals surface area contributed by atoms with E-state index >= 15 is 0 Å². The molecule has 4 heteroatoms. The second-order valence-electron chi connectivity index (χ2n) is 4.72. The first-order valence-electron chi connectivity index (χ1n) is 6.31. The van der Waals surface area contributed by atoms with Crippen LogP contribution >= 0.6 is 15.9 Å². The van der Waals surface area contributed by atoms with Crippen LogP contribution in [-0.2, 0) is 0 Å². The van der Waals surface area contributed by atoms with Crippen LogP contribution in [0, 0.1) is 0 Å². The third-order valence-corrected chi connectivity index (χ3v) is 4.18. The van der Waals surface area contributed by atoms with Gasteiger partial charge in [0.15, 0.2) is 5.78 Å². The summed E-state index contributed by atoms with van der Waals surface area (Å²) in [4.78, 5) is 13.6. The summed E-state index contributed by atoms with van der Waals surface area (Å²) >= 11 is 3.45. The molecule has 18 heavy (non-hydrogen) atoms. The van der Waals surface area contributed by atoms with E-state index < -0.39 is 0 Å². The molecule has 0 bridgehead atoms. The van der Waals surface area contributed by atoms with Crippen molar-refractivity contribution in [3.63, 3.8) is 0 Å². The maximum absolute atomic E-state index is 11.4. The second kappa shape index (κ2) is 5.85. The molecule has 1 aromatic carbocycles. The fraction of sp³-hybridized carbons (Fsp3) is 0.500. The van der Waals surface area contributed by atoms with E-state index in [0.29, 0.717) is 18.2 Å². The van der Waals surface area contributed by atoms with Crippen molar-refractivity contribution < 1.29 is 9.90 Å². The van der Waals surface area contributed by atoms with Gasteiger partial charge < -0.3 is 10.0 Å². The minimum absolute atomic E-state index is 0.0609. The zero-order valence-electron chi connectivity index (χ0n) is 10.5. The summed E-state index contributed by atoms with van der Waals surface area (Å²) in [7, 11) is 0. The summed E-state index contributed by atoms with van der Waals surface area (Å²) in [5.41, 5.74) is 1.78. The molecule has 2 rings (SSSR count). The third-order valence-electron chi connectivity index (χ3n) is 3.52. The van der Waals surface area contributed by atoms with Gasteiger partial charge in [-0.3, -0.25) is 4.79 Å². The zero-order valence-corrected chi connectivity index (χ0v) is 12.1. The van der Waals surface area contributed by atoms with Gasteiger partial charge >= 0.3 is 0 Å². The Morgan fingerprint density at radius 3 is 2.67 bits per heavy atom. The molecule has 1 fully saturated rings. The summed E-state index contributed by atoms with van der Waals surface area (Å²) in [6, 6.07) is 6.33. The lowest BCUT2D eigenvalue weighted by Crippen LogP contribution is -2.42. The number of carbonyl (C=O) groups excluding carboxylic acids is 1. The molecule has 1 aliphatic carbocycles. The van der Waals surface area contributed by atoms with Gasteiger partial charge in [0, 0.05) is 28.3 Å². The zero-order chi connectivity index (χ0) is 13.1. The highest BCUT2D eigenvalue weighted by molar-refractivity contribution is 9.10. The number of nitrogens with zero attached hydrogens (tertiary/aromatic N) is 1. The number of carbonyl (C=O) groups is 1. The molecule has 0 amide bonds. The first-order valence-corrected chi connectivity index (χ1v) is 7.10. The lowest BCUT2D eigenvalue weighted by Gasteiger charge is -2.39. The molecular weight excluding hydrogens is 294 g/mol. The molecule has 0 saturated heterocycles. The van der Waals surface area contributed by atoms with Crippen LogP contribution in [0.5, 0.6) is 0 Å². The Morgan fingerprint density at radius 2 is 2.22 bits per heavy atom. The van der Waals surface area contributed by atoms with Gasteiger partial charge in [0.1, 0.15) is 0 Å². The normalized spacial score (nSPS) is 15.3. The quantitative estimate of drug-likeness (QED) is 0.850. The molecule has 0 aromatic heterocycles. The van der Waals surface area contributed by atoms with E-state index in [0.717, 1.165) is 10.2 Å². The van der Waals surface area contributed by atoms with Crippen molar-refractivity contribution in [3.8, 4) is 0 Å². The summed E-state index contributed by atoms with van der Waals surface area (Å²) in [6.45, 7) is 2.37. The molecule has 0 spiro atoms. The number of hydrogen-bond acceptors (Lipinski definition) is 3. The molecule has 0 radical (unpaired) electrons.